The van der Waals surface area contributed by atoms with E-state index in [0.29, 0.717) is 22.5 Å². The Morgan fingerprint density at radius 1 is 1.08 bits per heavy atom. The summed E-state index contributed by atoms with van der Waals surface area (Å²) in [6.45, 7) is 18.6. The van der Waals surface area contributed by atoms with Crippen molar-refractivity contribution >= 4 is 8.32 Å². The van der Waals surface area contributed by atoms with E-state index in [4.69, 9.17) is 4.43 Å². The monoisotopic (exact) mass is 362 g/mol. The molecule has 0 amide bonds. The van der Waals surface area contributed by atoms with Gasteiger partial charge in [0.2, 0.25) is 0 Å². The Bertz CT molecular complexity index is 494. The first-order valence-electron chi connectivity index (χ1n) is 10.0. The number of fused-ring (bicyclic) bond motifs is 1. The van der Waals surface area contributed by atoms with E-state index in [9.17, 15) is 5.11 Å². The molecule has 0 bridgehead atoms. The fourth-order valence-electron chi connectivity index (χ4n) is 5.56. The average Bonchev–Trinajstić information content (AvgIpc) is 2.73. The maximum Gasteiger partial charge on any atom is 0.257 e. The summed E-state index contributed by atoms with van der Waals surface area (Å²) in [5, 5.41) is 10.5. The van der Waals surface area contributed by atoms with Gasteiger partial charge >= 0.3 is 0 Å². The Hall–Kier alpha value is -0.543. The highest BCUT2D eigenvalue weighted by Crippen LogP contribution is 2.51. The van der Waals surface area contributed by atoms with Gasteiger partial charge in [0, 0.05) is 0 Å². The van der Waals surface area contributed by atoms with Crippen LogP contribution in [0, 0.1) is 29.4 Å². The number of aliphatic hydroxyl groups is 1. The first kappa shape index (κ1) is 20.8. The fraction of sp³-hybridized carbons (Fsp3) is 0.818. The third-order valence-electron chi connectivity index (χ3n) is 6.62. The molecule has 1 N–H and O–H groups in total. The molecule has 0 aromatic heterocycles. The minimum atomic E-state index is -1.91. The molecule has 2 radical (unpaired) electrons. The molecule has 0 spiro atoms. The molecule has 2 aliphatic carbocycles. The van der Waals surface area contributed by atoms with E-state index in [1.165, 1.54) is 5.57 Å². The molecule has 1 saturated carbocycles. The van der Waals surface area contributed by atoms with E-state index in [1.807, 2.05) is 0 Å². The summed E-state index contributed by atoms with van der Waals surface area (Å²) < 4.78 is 6.75. The molecule has 0 saturated heterocycles. The van der Waals surface area contributed by atoms with Gasteiger partial charge in [0.25, 0.3) is 8.32 Å². The third-order valence-corrected chi connectivity index (χ3v) is 12.6. The van der Waals surface area contributed by atoms with Crippen LogP contribution in [0.3, 0.4) is 0 Å². The largest absolute Gasteiger partial charge is 0.548 e. The molecule has 25 heavy (non-hydrogen) atoms. The molecule has 0 unspecified atom stereocenters. The van der Waals surface area contributed by atoms with Gasteiger partial charge in [-0.3, -0.25) is 0 Å². The molecule has 0 aliphatic heterocycles. The highest BCUT2D eigenvalue weighted by atomic mass is 28.4. The van der Waals surface area contributed by atoms with Crippen LogP contribution in [0.2, 0.25) is 16.6 Å². The molecule has 1 fully saturated rings. The van der Waals surface area contributed by atoms with Crippen molar-refractivity contribution in [3.05, 3.63) is 24.0 Å². The highest BCUT2D eigenvalue weighted by Gasteiger charge is 2.47. The molecular formula is C22H38O2Si. The van der Waals surface area contributed by atoms with Gasteiger partial charge in [-0.2, -0.15) is 0 Å². The second-order valence-corrected chi connectivity index (χ2v) is 15.3. The number of hydrogen-bond acceptors (Lipinski definition) is 2. The summed E-state index contributed by atoms with van der Waals surface area (Å²) in [5.41, 5.74) is 3.31. The number of hydrogen-bond donors (Lipinski definition) is 1. The van der Waals surface area contributed by atoms with Gasteiger partial charge in [0.15, 0.2) is 0 Å². The second kappa shape index (κ2) is 7.60. The van der Waals surface area contributed by atoms with Crippen molar-refractivity contribution in [2.24, 2.45) is 17.3 Å². The zero-order valence-corrected chi connectivity index (χ0v) is 18.5. The molecule has 2 rings (SSSR count). The highest BCUT2D eigenvalue weighted by molar-refractivity contribution is 6.77. The van der Waals surface area contributed by atoms with E-state index < -0.39 is 14.4 Å². The van der Waals surface area contributed by atoms with Gasteiger partial charge in [-0.05, 0) is 70.9 Å². The Morgan fingerprint density at radius 3 is 2.16 bits per heavy atom. The van der Waals surface area contributed by atoms with Gasteiger partial charge in [0.05, 0.1) is 12.4 Å². The normalized spacial score (nSPS) is 31.0. The Morgan fingerprint density at radius 2 is 1.64 bits per heavy atom. The van der Waals surface area contributed by atoms with Crippen molar-refractivity contribution in [2.45, 2.75) is 97.4 Å². The van der Waals surface area contributed by atoms with Crippen molar-refractivity contribution in [3.8, 4) is 0 Å². The molecule has 3 heteroatoms. The van der Waals surface area contributed by atoms with E-state index in [1.54, 1.807) is 0 Å². The van der Waals surface area contributed by atoms with Crippen LogP contribution in [-0.2, 0) is 4.43 Å². The summed E-state index contributed by atoms with van der Waals surface area (Å²) in [5.74, 6) is 0.652. The minimum absolute atomic E-state index is 0.257. The van der Waals surface area contributed by atoms with E-state index in [2.05, 4.69) is 73.8 Å². The number of allylic oxidation sites excluding steroid dienone is 2. The van der Waals surface area contributed by atoms with Gasteiger partial charge in [-0.1, -0.05) is 55.4 Å². The predicted octanol–water partition coefficient (Wildman–Crippen LogP) is 6.04. The third kappa shape index (κ3) is 4.08. The van der Waals surface area contributed by atoms with Crippen molar-refractivity contribution in [1.82, 2.24) is 0 Å². The summed E-state index contributed by atoms with van der Waals surface area (Å²) >= 11 is 0. The van der Waals surface area contributed by atoms with Gasteiger partial charge in [-0.25, -0.2) is 0 Å². The summed E-state index contributed by atoms with van der Waals surface area (Å²) in [6.07, 6.45) is 10.8. The van der Waals surface area contributed by atoms with E-state index >= 15 is 0 Å². The maximum atomic E-state index is 10.5. The number of aliphatic hydroxyl groups excluding tert-OH is 1. The Labute approximate surface area is 156 Å². The molecule has 0 heterocycles. The van der Waals surface area contributed by atoms with Gasteiger partial charge in [-0.15, -0.1) is 0 Å². The molecule has 2 aliphatic rings. The molecular weight excluding hydrogens is 324 g/mol. The molecule has 0 aromatic rings. The zero-order valence-electron chi connectivity index (χ0n) is 17.5. The van der Waals surface area contributed by atoms with E-state index in [0.717, 1.165) is 19.3 Å². The second-order valence-electron chi connectivity index (χ2n) is 9.91. The molecule has 2 nitrogen and oxygen atoms in total. The first-order valence-corrected chi connectivity index (χ1v) is 12.2. The van der Waals surface area contributed by atoms with Crippen LogP contribution in [0.1, 0.15) is 74.7 Å². The van der Waals surface area contributed by atoms with E-state index in [-0.39, 0.29) is 11.3 Å². The first-order chi connectivity index (χ1) is 11.5. The van der Waals surface area contributed by atoms with Crippen LogP contribution in [0.5, 0.6) is 0 Å². The lowest BCUT2D eigenvalue weighted by atomic mass is 9.86. The molecule has 142 valence electrons. The van der Waals surface area contributed by atoms with Crippen molar-refractivity contribution in [3.63, 3.8) is 0 Å². The van der Waals surface area contributed by atoms with Crippen LogP contribution in [0.4, 0.5) is 0 Å². The molecule has 3 atom stereocenters. The Balaban J connectivity index is 2.33. The lowest BCUT2D eigenvalue weighted by molar-refractivity contribution is 0.127. The lowest BCUT2D eigenvalue weighted by Gasteiger charge is -2.41. The quantitative estimate of drug-likeness (QED) is 0.477. The van der Waals surface area contributed by atoms with Crippen LogP contribution in [0.15, 0.2) is 11.8 Å². The lowest BCUT2D eigenvalue weighted by Crippen LogP contribution is -2.46. The SMILES string of the molecule is CC(C)[Si](O/C=C1\C[C]=[C][C@H](O)[C@H]2CC(C)(C)C[C@@H]12)(C(C)C)C(C)C. The van der Waals surface area contributed by atoms with Crippen molar-refractivity contribution < 1.29 is 9.53 Å². The van der Waals surface area contributed by atoms with Gasteiger partial charge in [0.1, 0.15) is 0 Å². The van der Waals surface area contributed by atoms with Crippen LogP contribution >= 0.6 is 0 Å². The van der Waals surface area contributed by atoms with Crippen LogP contribution in [-0.4, -0.2) is 19.5 Å². The number of rotatable bonds is 5. The minimum Gasteiger partial charge on any atom is -0.548 e. The van der Waals surface area contributed by atoms with Crippen LogP contribution in [0.25, 0.3) is 0 Å². The fourth-order valence-corrected chi connectivity index (χ4v) is 10.7. The van der Waals surface area contributed by atoms with Gasteiger partial charge < -0.3 is 9.53 Å². The Kier molecular flexibility index (Phi) is 6.31. The standard InChI is InChI=1S/C22H38O2Si/c1-15(2)25(16(3)4,17(5)6)24-14-18-10-9-11-21(23)20-13-22(7,8)12-19(18)20/h14-17,19-21,23H,10,12-13H2,1-8H3/b18-14+/t19-,20-,21-/m0/s1. The average molecular weight is 363 g/mol. The molecule has 0 aromatic carbocycles. The topological polar surface area (TPSA) is 29.5 Å². The summed E-state index contributed by atoms with van der Waals surface area (Å²) in [6, 6.07) is 0. The van der Waals surface area contributed by atoms with Crippen molar-refractivity contribution in [2.75, 3.05) is 0 Å². The predicted molar refractivity (Wildman–Crippen MR) is 107 cm³/mol. The summed E-state index contributed by atoms with van der Waals surface area (Å²) in [7, 11) is -1.91. The maximum absolute atomic E-state index is 10.5. The smallest absolute Gasteiger partial charge is 0.257 e. The van der Waals surface area contributed by atoms with Crippen LogP contribution < -0.4 is 0 Å². The van der Waals surface area contributed by atoms with Crippen molar-refractivity contribution in [1.29, 1.82) is 0 Å². The summed E-state index contributed by atoms with van der Waals surface area (Å²) in [4.78, 5) is 0. The zero-order chi connectivity index (χ0) is 19.0.